The first-order valence-corrected chi connectivity index (χ1v) is 7.50. The van der Waals surface area contributed by atoms with E-state index in [2.05, 4.69) is 10.3 Å². The molecule has 1 aromatic carbocycles. The van der Waals surface area contributed by atoms with E-state index in [9.17, 15) is 14.1 Å². The lowest BCUT2D eigenvalue weighted by atomic mass is 10.2. The van der Waals surface area contributed by atoms with E-state index in [1.54, 1.807) is 23.1 Å². The third kappa shape index (κ3) is 2.81. The predicted octanol–water partition coefficient (Wildman–Crippen LogP) is 1.29. The van der Waals surface area contributed by atoms with E-state index >= 15 is 0 Å². The molecule has 0 radical (unpaired) electrons. The van der Waals surface area contributed by atoms with Crippen LogP contribution in [0.15, 0.2) is 18.2 Å². The van der Waals surface area contributed by atoms with Gasteiger partial charge < -0.3 is 5.11 Å². The van der Waals surface area contributed by atoms with Gasteiger partial charge in [0.15, 0.2) is 0 Å². The van der Waals surface area contributed by atoms with Gasteiger partial charge in [-0.15, -0.1) is 5.10 Å². The van der Waals surface area contributed by atoms with Crippen LogP contribution < -0.4 is 0 Å². The van der Waals surface area contributed by atoms with E-state index in [-0.39, 0.29) is 10.8 Å². The highest BCUT2D eigenvalue weighted by molar-refractivity contribution is 7.84. The van der Waals surface area contributed by atoms with Crippen molar-refractivity contribution in [2.75, 3.05) is 6.26 Å². The Bertz CT molecular complexity index is 638. The van der Waals surface area contributed by atoms with Crippen LogP contribution >= 0.6 is 0 Å². The molecule has 19 heavy (non-hydrogen) atoms. The molecule has 0 fully saturated rings. The van der Waals surface area contributed by atoms with Gasteiger partial charge in [0.25, 0.3) is 0 Å². The number of nitrogens with zero attached hydrogens (tertiary/aromatic N) is 3. The molecule has 2 aromatic rings. The second-order valence-electron chi connectivity index (χ2n) is 4.39. The Morgan fingerprint density at radius 2 is 2.26 bits per heavy atom. The van der Waals surface area contributed by atoms with Crippen molar-refractivity contribution in [3.05, 3.63) is 23.8 Å². The molecule has 6 nitrogen and oxygen atoms in total. The van der Waals surface area contributed by atoms with Gasteiger partial charge in [-0.2, -0.15) is 0 Å². The van der Waals surface area contributed by atoms with E-state index < -0.39 is 16.8 Å². The van der Waals surface area contributed by atoms with Crippen molar-refractivity contribution in [3.8, 4) is 0 Å². The quantitative estimate of drug-likeness (QED) is 0.892. The number of carboxylic acids is 1. The van der Waals surface area contributed by atoms with Gasteiger partial charge >= 0.3 is 5.97 Å². The molecule has 0 amide bonds. The summed E-state index contributed by atoms with van der Waals surface area (Å²) in [5, 5.41) is 17.1. The molecular weight excluding hydrogens is 266 g/mol. The van der Waals surface area contributed by atoms with Crippen LogP contribution in [-0.2, 0) is 17.3 Å². The van der Waals surface area contributed by atoms with Crippen molar-refractivity contribution < 1.29 is 14.1 Å². The van der Waals surface area contributed by atoms with Gasteiger partial charge in [-0.1, -0.05) is 18.2 Å². The SMILES string of the molecule is CC(CCn1nnc2cccc(C(=O)O)c21)S(C)=O. The number of carboxylic acid groups (broad SMARTS) is 1. The number of aromatic carboxylic acids is 1. The molecule has 2 atom stereocenters. The topological polar surface area (TPSA) is 85.1 Å². The number of carbonyl (C=O) groups is 1. The smallest absolute Gasteiger partial charge is 0.337 e. The molecule has 7 heteroatoms. The van der Waals surface area contributed by atoms with Gasteiger partial charge in [-0.25, -0.2) is 9.48 Å². The molecular formula is C12H15N3O3S. The van der Waals surface area contributed by atoms with Crippen LogP contribution in [0.5, 0.6) is 0 Å². The Kier molecular flexibility index (Phi) is 3.94. The van der Waals surface area contributed by atoms with Crippen molar-refractivity contribution in [3.63, 3.8) is 0 Å². The number of para-hydroxylation sites is 1. The molecule has 1 aromatic heterocycles. The first-order valence-electron chi connectivity index (χ1n) is 5.88. The highest BCUT2D eigenvalue weighted by atomic mass is 32.2. The monoisotopic (exact) mass is 281 g/mol. The van der Waals surface area contributed by atoms with Crippen LogP contribution in [-0.4, -0.2) is 41.8 Å². The number of benzene rings is 1. The van der Waals surface area contributed by atoms with Crippen LogP contribution in [0.1, 0.15) is 23.7 Å². The fourth-order valence-electron chi connectivity index (χ4n) is 1.83. The minimum Gasteiger partial charge on any atom is -0.478 e. The maximum Gasteiger partial charge on any atom is 0.337 e. The second kappa shape index (κ2) is 5.48. The lowest BCUT2D eigenvalue weighted by Gasteiger charge is -2.08. The molecule has 1 N–H and O–H groups in total. The summed E-state index contributed by atoms with van der Waals surface area (Å²) in [5.41, 5.74) is 1.27. The van der Waals surface area contributed by atoms with E-state index in [1.807, 2.05) is 6.92 Å². The van der Waals surface area contributed by atoms with Crippen LogP contribution in [0.4, 0.5) is 0 Å². The molecule has 0 saturated heterocycles. The molecule has 0 aliphatic heterocycles. The predicted molar refractivity (Wildman–Crippen MR) is 72.6 cm³/mol. The molecule has 0 aliphatic carbocycles. The van der Waals surface area contributed by atoms with Crippen molar-refractivity contribution in [1.29, 1.82) is 0 Å². The summed E-state index contributed by atoms with van der Waals surface area (Å²) in [7, 11) is -0.898. The summed E-state index contributed by atoms with van der Waals surface area (Å²) < 4.78 is 12.9. The van der Waals surface area contributed by atoms with E-state index in [1.165, 1.54) is 6.07 Å². The van der Waals surface area contributed by atoms with E-state index in [0.717, 1.165) is 0 Å². The third-order valence-electron chi connectivity index (χ3n) is 3.08. The van der Waals surface area contributed by atoms with Gasteiger partial charge in [0, 0.05) is 28.9 Å². The standard InChI is InChI=1S/C12H15N3O3S/c1-8(19(2)18)6-7-15-11-9(12(16)17)4-3-5-10(11)13-14-15/h3-5,8H,6-7H2,1-2H3,(H,16,17). The lowest BCUT2D eigenvalue weighted by molar-refractivity contribution is 0.0698. The molecule has 2 unspecified atom stereocenters. The Morgan fingerprint density at radius 1 is 1.53 bits per heavy atom. The zero-order valence-electron chi connectivity index (χ0n) is 10.7. The zero-order chi connectivity index (χ0) is 14.0. The van der Waals surface area contributed by atoms with E-state index in [0.29, 0.717) is 24.0 Å². The van der Waals surface area contributed by atoms with Crippen LogP contribution in [0.2, 0.25) is 0 Å². The van der Waals surface area contributed by atoms with Gasteiger partial charge in [0.1, 0.15) is 11.0 Å². The maximum absolute atomic E-state index is 11.3. The van der Waals surface area contributed by atoms with Crippen molar-refractivity contribution in [1.82, 2.24) is 15.0 Å². The number of hydrogen-bond acceptors (Lipinski definition) is 4. The average molecular weight is 281 g/mol. The normalized spacial score (nSPS) is 14.4. The lowest BCUT2D eigenvalue weighted by Crippen LogP contribution is -2.14. The van der Waals surface area contributed by atoms with E-state index in [4.69, 9.17) is 0 Å². The number of aromatic nitrogens is 3. The summed E-state index contributed by atoms with van der Waals surface area (Å²) in [6.45, 7) is 2.40. The Labute approximate surface area is 112 Å². The number of rotatable bonds is 5. The fourth-order valence-corrected chi connectivity index (χ4v) is 2.27. The third-order valence-corrected chi connectivity index (χ3v) is 4.45. The van der Waals surface area contributed by atoms with Crippen LogP contribution in [0.25, 0.3) is 11.0 Å². The Morgan fingerprint density at radius 3 is 2.89 bits per heavy atom. The minimum absolute atomic E-state index is 0.0382. The molecule has 0 spiro atoms. The molecule has 102 valence electrons. The van der Waals surface area contributed by atoms with Crippen molar-refractivity contribution in [2.45, 2.75) is 25.1 Å². The van der Waals surface area contributed by atoms with Gasteiger partial charge in [0.05, 0.1) is 5.56 Å². The summed E-state index contributed by atoms with van der Waals surface area (Å²) in [4.78, 5) is 11.2. The average Bonchev–Trinajstić information content (AvgIpc) is 2.78. The highest BCUT2D eigenvalue weighted by Crippen LogP contribution is 2.17. The van der Waals surface area contributed by atoms with Crippen molar-refractivity contribution >= 4 is 27.8 Å². The number of hydrogen-bond donors (Lipinski definition) is 1. The summed E-state index contributed by atoms with van der Waals surface area (Å²) in [6.07, 6.45) is 2.32. The zero-order valence-corrected chi connectivity index (χ0v) is 11.6. The number of aryl methyl sites for hydroxylation is 1. The molecule has 0 aliphatic rings. The minimum atomic E-state index is -0.999. The van der Waals surface area contributed by atoms with Crippen LogP contribution in [0, 0.1) is 0 Å². The first kappa shape index (κ1) is 13.7. The molecule has 0 bridgehead atoms. The summed E-state index contributed by atoms with van der Waals surface area (Å²) in [5.74, 6) is -0.999. The molecule has 2 rings (SSSR count). The van der Waals surface area contributed by atoms with Crippen molar-refractivity contribution in [2.24, 2.45) is 0 Å². The van der Waals surface area contributed by atoms with Gasteiger partial charge in [-0.3, -0.25) is 4.21 Å². The molecule has 1 heterocycles. The highest BCUT2D eigenvalue weighted by Gasteiger charge is 2.15. The van der Waals surface area contributed by atoms with Crippen LogP contribution in [0.3, 0.4) is 0 Å². The fraction of sp³-hybridized carbons (Fsp3) is 0.417. The molecule has 0 saturated carbocycles. The Balaban J connectivity index is 2.34. The largest absolute Gasteiger partial charge is 0.478 e. The number of fused-ring (bicyclic) bond motifs is 1. The second-order valence-corrected chi connectivity index (χ2v) is 6.19. The maximum atomic E-state index is 11.3. The van der Waals surface area contributed by atoms with Gasteiger partial charge in [-0.05, 0) is 18.6 Å². The summed E-state index contributed by atoms with van der Waals surface area (Å²) >= 11 is 0. The summed E-state index contributed by atoms with van der Waals surface area (Å²) in [6, 6.07) is 4.91. The van der Waals surface area contributed by atoms with Gasteiger partial charge in [0.2, 0.25) is 0 Å². The first-order chi connectivity index (χ1) is 9.00. The Hall–Kier alpha value is -1.76.